The Morgan fingerprint density at radius 3 is 2.48 bits per heavy atom. The highest BCUT2D eigenvalue weighted by molar-refractivity contribution is 7.18. The van der Waals surface area contributed by atoms with E-state index in [2.05, 4.69) is 0 Å². The number of carbonyl (C=O) groups is 1. The molecule has 0 spiro atoms. The Hall–Kier alpha value is -2.01. The minimum absolute atomic E-state index is 0.342. The van der Waals surface area contributed by atoms with E-state index in [1.54, 1.807) is 0 Å². The summed E-state index contributed by atoms with van der Waals surface area (Å²) in [5.41, 5.74) is -2.91. The summed E-state index contributed by atoms with van der Waals surface area (Å²) in [6, 6.07) is 1.08. The molecule has 2 rings (SSSR count). The van der Waals surface area contributed by atoms with Gasteiger partial charge in [-0.3, -0.25) is 9.59 Å². The zero-order valence-electron chi connectivity index (χ0n) is 11.8. The van der Waals surface area contributed by atoms with Crippen LogP contribution in [0, 0.1) is 5.82 Å². The number of amides is 1. The molecular formula is C13H7ClF6N2O2S. The van der Waals surface area contributed by atoms with Gasteiger partial charge in [-0.1, -0.05) is 11.6 Å². The molecule has 0 bridgehead atoms. The van der Waals surface area contributed by atoms with Crippen molar-refractivity contribution >= 4 is 34.5 Å². The quantitative estimate of drug-likeness (QED) is 0.775. The molecule has 0 saturated heterocycles. The summed E-state index contributed by atoms with van der Waals surface area (Å²) in [5, 5.41) is 2.03. The van der Waals surface area contributed by atoms with Gasteiger partial charge in [0.1, 0.15) is 4.34 Å². The van der Waals surface area contributed by atoms with Crippen LogP contribution in [0.3, 0.4) is 0 Å². The number of hydrogen-bond donors (Lipinski definition) is 1. The van der Waals surface area contributed by atoms with Gasteiger partial charge in [0.15, 0.2) is 5.82 Å². The summed E-state index contributed by atoms with van der Waals surface area (Å²) in [6.07, 6.45) is -6.95. The molecule has 0 atom stereocenters. The second-order valence-electron chi connectivity index (χ2n) is 4.68. The van der Waals surface area contributed by atoms with E-state index in [9.17, 15) is 35.9 Å². The molecule has 0 aliphatic rings. The Morgan fingerprint density at radius 1 is 1.32 bits per heavy atom. The molecule has 2 aromatic rings. The van der Waals surface area contributed by atoms with Gasteiger partial charge in [-0.05, 0) is 6.07 Å². The molecule has 2 aromatic heterocycles. The number of nitrogens with zero attached hydrogens (tertiary/aromatic N) is 1. The topological polar surface area (TPSA) is 51.1 Å². The van der Waals surface area contributed by atoms with Crippen molar-refractivity contribution in [1.29, 1.82) is 0 Å². The summed E-state index contributed by atoms with van der Waals surface area (Å²) in [5.74, 6) is -2.47. The summed E-state index contributed by atoms with van der Waals surface area (Å²) in [7, 11) is 0. The molecule has 25 heavy (non-hydrogen) atoms. The molecule has 4 nitrogen and oxygen atoms in total. The van der Waals surface area contributed by atoms with Crippen LogP contribution in [0.2, 0.25) is 4.34 Å². The van der Waals surface area contributed by atoms with Gasteiger partial charge in [-0.15, -0.1) is 11.3 Å². The maximum atomic E-state index is 13.5. The largest absolute Gasteiger partial charge is 0.418 e. The molecular weight excluding hydrogens is 398 g/mol. The molecule has 0 aliphatic heterocycles. The van der Waals surface area contributed by atoms with Crippen LogP contribution in [-0.4, -0.2) is 16.9 Å². The molecule has 0 saturated carbocycles. The van der Waals surface area contributed by atoms with Crippen LogP contribution in [0.1, 0.15) is 15.2 Å². The number of thiophene rings is 1. The molecule has 1 amide bonds. The average molecular weight is 405 g/mol. The first-order valence-electron chi connectivity index (χ1n) is 6.35. The van der Waals surface area contributed by atoms with Crippen molar-refractivity contribution in [2.45, 2.75) is 19.1 Å². The van der Waals surface area contributed by atoms with E-state index in [1.807, 2.05) is 5.32 Å². The Labute approximate surface area is 144 Å². The highest BCUT2D eigenvalue weighted by Crippen LogP contribution is 2.39. The lowest BCUT2D eigenvalue weighted by Crippen LogP contribution is -2.26. The lowest BCUT2D eigenvalue weighted by Gasteiger charge is -2.09. The minimum Gasteiger partial charge on any atom is -0.320 e. The number of pyridine rings is 1. The van der Waals surface area contributed by atoms with Crippen molar-refractivity contribution in [3.8, 4) is 0 Å². The molecule has 0 unspecified atom stereocenters. The van der Waals surface area contributed by atoms with Crippen LogP contribution in [0.15, 0.2) is 23.1 Å². The standard InChI is InChI=1S/C13H7ClF6N2O2S/c14-10-6(13(18,19)20)2-8(25-10)11(23)21-5-1-7(15)12(24)22(3-5)4-9(16)17/h1-3,9H,4H2,(H,21,23). The van der Waals surface area contributed by atoms with Gasteiger partial charge < -0.3 is 9.88 Å². The summed E-state index contributed by atoms with van der Waals surface area (Å²) in [6.45, 7) is -1.11. The van der Waals surface area contributed by atoms with E-state index in [1.165, 1.54) is 0 Å². The first-order valence-corrected chi connectivity index (χ1v) is 7.54. The fraction of sp³-hybridized carbons (Fsp3) is 0.231. The van der Waals surface area contributed by atoms with Crippen LogP contribution in [0.25, 0.3) is 0 Å². The number of nitrogens with one attached hydrogen (secondary N) is 1. The van der Waals surface area contributed by atoms with E-state index >= 15 is 0 Å². The van der Waals surface area contributed by atoms with Crippen LogP contribution in [0.4, 0.5) is 32.0 Å². The van der Waals surface area contributed by atoms with Gasteiger partial charge in [-0.2, -0.15) is 13.2 Å². The van der Waals surface area contributed by atoms with E-state index in [0.717, 1.165) is 6.20 Å². The summed E-state index contributed by atoms with van der Waals surface area (Å²) in [4.78, 5) is 22.9. The van der Waals surface area contributed by atoms with Crippen molar-refractivity contribution in [1.82, 2.24) is 4.57 Å². The summed E-state index contributed by atoms with van der Waals surface area (Å²) < 4.78 is 75.8. The van der Waals surface area contributed by atoms with Crippen molar-refractivity contribution in [2.24, 2.45) is 0 Å². The van der Waals surface area contributed by atoms with Gasteiger partial charge in [0, 0.05) is 12.3 Å². The third-order valence-corrected chi connectivity index (χ3v) is 4.21. The first-order chi connectivity index (χ1) is 11.5. The van der Waals surface area contributed by atoms with Crippen LogP contribution >= 0.6 is 22.9 Å². The molecule has 12 heteroatoms. The highest BCUT2D eigenvalue weighted by atomic mass is 35.5. The lowest BCUT2D eigenvalue weighted by molar-refractivity contribution is -0.137. The van der Waals surface area contributed by atoms with Gasteiger partial charge in [0.2, 0.25) is 0 Å². The second-order valence-corrected chi connectivity index (χ2v) is 6.33. The first kappa shape index (κ1) is 19.3. The van der Waals surface area contributed by atoms with Crippen LogP contribution in [0.5, 0.6) is 0 Å². The fourth-order valence-electron chi connectivity index (χ4n) is 1.82. The third kappa shape index (κ3) is 4.54. The average Bonchev–Trinajstić information content (AvgIpc) is 2.86. The molecule has 136 valence electrons. The van der Waals surface area contributed by atoms with Gasteiger partial charge in [0.05, 0.1) is 22.7 Å². The van der Waals surface area contributed by atoms with Gasteiger partial charge >= 0.3 is 6.18 Å². The van der Waals surface area contributed by atoms with Crippen LogP contribution < -0.4 is 10.9 Å². The Morgan fingerprint density at radius 2 is 1.96 bits per heavy atom. The number of hydrogen-bond acceptors (Lipinski definition) is 3. The third-order valence-electron chi connectivity index (χ3n) is 2.85. The van der Waals surface area contributed by atoms with E-state index < -0.39 is 51.2 Å². The Kier molecular flexibility index (Phi) is 5.47. The van der Waals surface area contributed by atoms with Crippen LogP contribution in [-0.2, 0) is 12.7 Å². The van der Waals surface area contributed by atoms with E-state index in [4.69, 9.17) is 11.6 Å². The monoisotopic (exact) mass is 404 g/mol. The number of carbonyl (C=O) groups excluding carboxylic acids is 1. The SMILES string of the molecule is O=C(Nc1cc(F)c(=O)n(CC(F)F)c1)c1cc(C(F)(F)F)c(Cl)s1. The molecule has 0 aliphatic carbocycles. The van der Waals surface area contributed by atoms with Crippen molar-refractivity contribution in [3.05, 3.63) is 49.3 Å². The maximum absolute atomic E-state index is 13.5. The van der Waals surface area contributed by atoms with Crippen molar-refractivity contribution in [2.75, 3.05) is 5.32 Å². The molecule has 0 radical (unpaired) electrons. The number of halogens is 7. The normalized spacial score (nSPS) is 11.8. The predicted molar refractivity (Wildman–Crippen MR) is 78.9 cm³/mol. The summed E-state index contributed by atoms with van der Waals surface area (Å²) >= 11 is 5.78. The number of anilines is 1. The van der Waals surface area contributed by atoms with Gasteiger partial charge in [-0.25, -0.2) is 13.2 Å². The van der Waals surface area contributed by atoms with Crippen molar-refractivity contribution < 1.29 is 31.1 Å². The second kappa shape index (κ2) is 7.08. The number of rotatable bonds is 4. The Bertz CT molecular complexity index is 861. The minimum atomic E-state index is -4.76. The maximum Gasteiger partial charge on any atom is 0.418 e. The predicted octanol–water partition coefficient (Wildman–Crippen LogP) is 4.24. The highest BCUT2D eigenvalue weighted by Gasteiger charge is 2.35. The number of alkyl halides is 5. The zero-order valence-corrected chi connectivity index (χ0v) is 13.4. The molecule has 1 N–H and O–H groups in total. The fourth-order valence-corrected chi connectivity index (χ4v) is 3.03. The molecule has 0 fully saturated rings. The Balaban J connectivity index is 2.29. The molecule has 2 heterocycles. The number of aromatic nitrogens is 1. The molecule has 0 aromatic carbocycles. The van der Waals surface area contributed by atoms with E-state index in [0.29, 0.717) is 28.0 Å². The van der Waals surface area contributed by atoms with E-state index in [-0.39, 0.29) is 5.69 Å². The zero-order chi connectivity index (χ0) is 18.9. The van der Waals surface area contributed by atoms with Gasteiger partial charge in [0.25, 0.3) is 17.9 Å². The lowest BCUT2D eigenvalue weighted by atomic mass is 10.3. The smallest absolute Gasteiger partial charge is 0.320 e. The van der Waals surface area contributed by atoms with Crippen molar-refractivity contribution in [3.63, 3.8) is 0 Å².